The molecule has 0 bridgehead atoms. The summed E-state index contributed by atoms with van der Waals surface area (Å²) in [5.74, 6) is 0. The van der Waals surface area contributed by atoms with Crippen molar-refractivity contribution >= 4 is 32.4 Å². The Labute approximate surface area is 88.5 Å². The van der Waals surface area contributed by atoms with E-state index in [1.54, 1.807) is 6.92 Å². The van der Waals surface area contributed by atoms with Crippen LogP contribution in [0.15, 0.2) is 0 Å². The van der Waals surface area contributed by atoms with Crippen LogP contribution >= 0.6 is 27.3 Å². The van der Waals surface area contributed by atoms with E-state index in [0.717, 1.165) is 0 Å². The van der Waals surface area contributed by atoms with Gasteiger partial charge in [-0.3, -0.25) is 0 Å². The van der Waals surface area contributed by atoms with Gasteiger partial charge in [0.25, 0.3) is 0 Å². The van der Waals surface area contributed by atoms with Crippen molar-refractivity contribution in [3.63, 3.8) is 0 Å². The highest BCUT2D eigenvalue weighted by Crippen LogP contribution is 2.28. The van der Waals surface area contributed by atoms with Gasteiger partial charge in [0.15, 0.2) is 5.13 Å². The minimum absolute atomic E-state index is 0.325. The van der Waals surface area contributed by atoms with Gasteiger partial charge in [-0.2, -0.15) is 0 Å². The Morgan fingerprint density at radius 2 is 2.23 bits per heavy atom. The van der Waals surface area contributed by atoms with Crippen LogP contribution in [0.1, 0.15) is 16.7 Å². The predicted molar refractivity (Wildman–Crippen MR) is 56.0 cm³/mol. The van der Waals surface area contributed by atoms with Gasteiger partial charge in [0.2, 0.25) is 0 Å². The van der Waals surface area contributed by atoms with E-state index >= 15 is 0 Å². The van der Waals surface area contributed by atoms with E-state index in [9.17, 15) is 10.2 Å². The molecule has 13 heavy (non-hydrogen) atoms. The molecule has 4 N–H and O–H groups in total. The molecule has 0 amide bonds. The van der Waals surface area contributed by atoms with Crippen molar-refractivity contribution in [3.05, 3.63) is 10.6 Å². The fourth-order valence-electron chi connectivity index (χ4n) is 0.963. The molecule has 1 aromatic rings. The third-order valence-corrected chi connectivity index (χ3v) is 3.36. The minimum Gasteiger partial charge on any atom is -0.389 e. The molecule has 74 valence electrons. The Balaban J connectivity index is 2.87. The van der Waals surface area contributed by atoms with Gasteiger partial charge >= 0.3 is 0 Å². The highest BCUT2D eigenvalue weighted by Gasteiger charge is 2.21. The Kier molecular flexibility index (Phi) is 3.66. The van der Waals surface area contributed by atoms with Crippen molar-refractivity contribution in [1.82, 2.24) is 4.98 Å². The van der Waals surface area contributed by atoms with Crippen LogP contribution in [0, 0.1) is 6.92 Å². The second kappa shape index (κ2) is 4.36. The molecule has 0 aliphatic carbocycles. The van der Waals surface area contributed by atoms with Crippen molar-refractivity contribution in [2.75, 3.05) is 11.1 Å². The second-order valence-electron chi connectivity index (χ2n) is 2.67. The summed E-state index contributed by atoms with van der Waals surface area (Å²) < 4.78 is 0. The van der Waals surface area contributed by atoms with E-state index < -0.39 is 12.2 Å². The molecule has 0 saturated heterocycles. The van der Waals surface area contributed by atoms with Gasteiger partial charge in [-0.1, -0.05) is 27.3 Å². The van der Waals surface area contributed by atoms with Crippen LogP contribution in [0.5, 0.6) is 0 Å². The molecule has 0 radical (unpaired) electrons. The Morgan fingerprint density at radius 3 is 2.62 bits per heavy atom. The number of thiazole rings is 1. The zero-order chi connectivity index (χ0) is 10.0. The van der Waals surface area contributed by atoms with Crippen LogP contribution in [-0.2, 0) is 0 Å². The highest BCUT2D eigenvalue weighted by atomic mass is 79.9. The number of aliphatic hydroxyl groups excluding tert-OH is 2. The molecule has 2 unspecified atom stereocenters. The third kappa shape index (κ3) is 2.40. The summed E-state index contributed by atoms with van der Waals surface area (Å²) in [7, 11) is 0. The highest BCUT2D eigenvalue weighted by molar-refractivity contribution is 9.09. The van der Waals surface area contributed by atoms with Crippen LogP contribution in [0.4, 0.5) is 5.13 Å². The van der Waals surface area contributed by atoms with Gasteiger partial charge in [0.05, 0.1) is 16.7 Å². The van der Waals surface area contributed by atoms with Crippen LogP contribution in [-0.4, -0.2) is 26.6 Å². The maximum atomic E-state index is 9.62. The summed E-state index contributed by atoms with van der Waals surface area (Å²) in [5.41, 5.74) is 6.14. The normalized spacial score (nSPS) is 15.7. The van der Waals surface area contributed by atoms with Crippen LogP contribution in [0.25, 0.3) is 0 Å². The number of nitrogens with zero attached hydrogens (tertiary/aromatic N) is 1. The number of hydrogen-bond donors (Lipinski definition) is 3. The topological polar surface area (TPSA) is 79.4 Å². The lowest BCUT2D eigenvalue weighted by atomic mass is 10.2. The van der Waals surface area contributed by atoms with Gasteiger partial charge in [-0.05, 0) is 6.92 Å². The summed E-state index contributed by atoms with van der Waals surface area (Å²) in [6.07, 6.45) is -1.73. The fourth-order valence-corrected chi connectivity index (χ4v) is 2.20. The average Bonchev–Trinajstić information content (AvgIpc) is 2.42. The maximum Gasteiger partial charge on any atom is 0.180 e. The molecule has 0 saturated carbocycles. The SMILES string of the molecule is Cc1nc(N)sc1C(O)C(O)CBr. The Bertz CT molecular complexity index is 292. The lowest BCUT2D eigenvalue weighted by Crippen LogP contribution is -2.19. The van der Waals surface area contributed by atoms with Crippen molar-refractivity contribution < 1.29 is 10.2 Å². The van der Waals surface area contributed by atoms with Gasteiger partial charge in [0.1, 0.15) is 6.10 Å². The standard InChI is InChI=1S/C7H11BrN2O2S/c1-3-6(13-7(9)10-3)5(12)4(11)2-8/h4-5,11-12H,2H2,1H3,(H2,9,10). The number of aliphatic hydroxyl groups is 2. The zero-order valence-electron chi connectivity index (χ0n) is 7.07. The molecule has 2 atom stereocenters. The van der Waals surface area contributed by atoms with E-state index in [1.165, 1.54) is 11.3 Å². The predicted octanol–water partition coefficient (Wildman–Crippen LogP) is 0.823. The first-order chi connectivity index (χ1) is 6.06. The average molecular weight is 267 g/mol. The molecule has 0 aliphatic heterocycles. The monoisotopic (exact) mass is 266 g/mol. The number of halogens is 1. The number of aromatic nitrogens is 1. The largest absolute Gasteiger partial charge is 0.389 e. The van der Waals surface area contributed by atoms with Crippen molar-refractivity contribution in [1.29, 1.82) is 0 Å². The van der Waals surface area contributed by atoms with Crippen LogP contribution in [0.3, 0.4) is 0 Å². The molecule has 1 aromatic heterocycles. The number of hydrogen-bond acceptors (Lipinski definition) is 5. The van der Waals surface area contributed by atoms with E-state index in [-0.39, 0.29) is 0 Å². The second-order valence-corrected chi connectivity index (χ2v) is 4.38. The fraction of sp³-hybridized carbons (Fsp3) is 0.571. The zero-order valence-corrected chi connectivity index (χ0v) is 9.47. The third-order valence-electron chi connectivity index (χ3n) is 1.64. The smallest absolute Gasteiger partial charge is 0.180 e. The number of rotatable bonds is 3. The van der Waals surface area contributed by atoms with E-state index in [0.29, 0.717) is 21.0 Å². The van der Waals surface area contributed by atoms with Gasteiger partial charge in [-0.15, -0.1) is 0 Å². The van der Waals surface area contributed by atoms with Crippen molar-refractivity contribution in [3.8, 4) is 0 Å². The molecule has 0 aliphatic rings. The number of aryl methyl sites for hydroxylation is 1. The maximum absolute atomic E-state index is 9.62. The van der Waals surface area contributed by atoms with E-state index in [1.807, 2.05) is 0 Å². The lowest BCUT2D eigenvalue weighted by molar-refractivity contribution is 0.0360. The molecular formula is C7H11BrN2O2S. The summed E-state index contributed by atoms with van der Waals surface area (Å²) in [6, 6.07) is 0. The molecule has 6 heteroatoms. The van der Waals surface area contributed by atoms with Crippen LogP contribution < -0.4 is 5.73 Å². The quantitative estimate of drug-likeness (QED) is 0.708. The minimum atomic E-state index is -0.908. The summed E-state index contributed by atoms with van der Waals surface area (Å²) in [5, 5.41) is 19.7. The molecule has 0 spiro atoms. The molecule has 0 aromatic carbocycles. The van der Waals surface area contributed by atoms with E-state index in [2.05, 4.69) is 20.9 Å². The molecule has 4 nitrogen and oxygen atoms in total. The molecule has 1 heterocycles. The van der Waals surface area contributed by atoms with Gasteiger partial charge in [-0.25, -0.2) is 4.98 Å². The molecule has 1 rings (SSSR count). The molecular weight excluding hydrogens is 256 g/mol. The number of nitrogen functional groups attached to an aromatic ring is 1. The lowest BCUT2D eigenvalue weighted by Gasteiger charge is -2.13. The first-order valence-electron chi connectivity index (χ1n) is 3.71. The first kappa shape index (κ1) is 10.9. The van der Waals surface area contributed by atoms with Crippen LogP contribution in [0.2, 0.25) is 0 Å². The first-order valence-corrected chi connectivity index (χ1v) is 5.65. The van der Waals surface area contributed by atoms with Gasteiger partial charge in [0, 0.05) is 5.33 Å². The van der Waals surface area contributed by atoms with Crippen molar-refractivity contribution in [2.24, 2.45) is 0 Å². The van der Waals surface area contributed by atoms with Crippen molar-refractivity contribution in [2.45, 2.75) is 19.1 Å². The molecule has 0 fully saturated rings. The Hall–Kier alpha value is -0.170. The number of anilines is 1. The Morgan fingerprint density at radius 1 is 1.62 bits per heavy atom. The summed E-state index contributed by atoms with van der Waals surface area (Å²) >= 11 is 4.29. The van der Waals surface area contributed by atoms with E-state index in [4.69, 9.17) is 5.73 Å². The number of nitrogens with two attached hydrogens (primary N) is 1. The van der Waals surface area contributed by atoms with Gasteiger partial charge < -0.3 is 15.9 Å². The summed E-state index contributed by atoms with van der Waals surface area (Å²) in [4.78, 5) is 4.59. The summed E-state index contributed by atoms with van der Waals surface area (Å²) in [6.45, 7) is 1.76. The number of alkyl halides is 1.